The Morgan fingerprint density at radius 3 is 2.25 bits per heavy atom. The van der Waals surface area contributed by atoms with Gasteiger partial charge in [0.05, 0.1) is 12.8 Å². The van der Waals surface area contributed by atoms with Gasteiger partial charge in [0.2, 0.25) is 0 Å². The Bertz CT molecular complexity index is 999. The third-order valence-corrected chi connectivity index (χ3v) is 4.44. The van der Waals surface area contributed by atoms with Crippen LogP contribution < -0.4 is 15.3 Å². The molecule has 0 unspecified atom stereocenters. The molecule has 1 aliphatic rings. The number of benzene rings is 3. The Morgan fingerprint density at radius 1 is 0.929 bits per heavy atom. The maximum absolute atomic E-state index is 13.2. The van der Waals surface area contributed by atoms with Crippen LogP contribution in [-0.4, -0.2) is 24.0 Å². The van der Waals surface area contributed by atoms with E-state index in [9.17, 15) is 4.79 Å². The van der Waals surface area contributed by atoms with Crippen molar-refractivity contribution in [1.82, 2.24) is 10.5 Å². The minimum Gasteiger partial charge on any atom is -0.497 e. The van der Waals surface area contributed by atoms with Gasteiger partial charge in [-0.3, -0.25) is 10.2 Å². The van der Waals surface area contributed by atoms with E-state index in [2.05, 4.69) is 10.5 Å². The van der Waals surface area contributed by atoms with E-state index in [1.54, 1.807) is 12.2 Å². The Labute approximate surface area is 163 Å². The Kier molecular flexibility index (Phi) is 4.68. The molecule has 1 aliphatic heterocycles. The summed E-state index contributed by atoms with van der Waals surface area (Å²) in [5.74, 6) is 1.13. The summed E-state index contributed by atoms with van der Waals surface area (Å²) in [5, 5.41) is 7.60. The first-order valence-corrected chi connectivity index (χ1v) is 8.91. The highest BCUT2D eigenvalue weighted by Gasteiger charge is 2.31. The van der Waals surface area contributed by atoms with Gasteiger partial charge in [0.1, 0.15) is 5.75 Å². The topological polar surface area (TPSA) is 57.2 Å². The summed E-state index contributed by atoms with van der Waals surface area (Å²) in [6.07, 6.45) is 0. The number of amides is 1. The smallest absolute Gasteiger partial charge is 0.293 e. The molecule has 0 atom stereocenters. The van der Waals surface area contributed by atoms with Crippen LogP contribution in [0, 0.1) is 6.92 Å². The van der Waals surface area contributed by atoms with Crippen LogP contribution in [0.2, 0.25) is 0 Å². The minimum absolute atomic E-state index is 0.203. The van der Waals surface area contributed by atoms with Gasteiger partial charge in [0, 0.05) is 11.1 Å². The number of carbonyl (C=O) groups excluding carboxylic acids is 1. The maximum Gasteiger partial charge on any atom is 0.293 e. The van der Waals surface area contributed by atoms with Gasteiger partial charge >= 0.3 is 0 Å². The SMILES string of the molecule is COc1ccc(N2N=C(c3ccccc3)NN2C(=O)c2ccc(C)cc2)cc1. The average Bonchev–Trinajstić information content (AvgIpc) is 3.20. The van der Waals surface area contributed by atoms with Crippen LogP contribution >= 0.6 is 0 Å². The summed E-state index contributed by atoms with van der Waals surface area (Å²) in [5.41, 5.74) is 6.42. The quantitative estimate of drug-likeness (QED) is 0.758. The third kappa shape index (κ3) is 3.40. The molecule has 4 rings (SSSR count). The molecule has 0 aliphatic carbocycles. The second-order valence-electron chi connectivity index (χ2n) is 6.40. The van der Waals surface area contributed by atoms with E-state index in [1.165, 1.54) is 5.12 Å². The molecule has 0 spiro atoms. The van der Waals surface area contributed by atoms with Crippen molar-refractivity contribution in [1.29, 1.82) is 0 Å². The highest BCUT2D eigenvalue weighted by Crippen LogP contribution is 2.25. The lowest BCUT2D eigenvalue weighted by atomic mass is 10.1. The predicted octanol–water partition coefficient (Wildman–Crippen LogP) is 3.75. The molecule has 28 heavy (non-hydrogen) atoms. The molecule has 0 bridgehead atoms. The number of methoxy groups -OCH3 is 1. The van der Waals surface area contributed by atoms with Gasteiger partial charge in [-0.15, -0.1) is 15.3 Å². The van der Waals surface area contributed by atoms with Crippen LogP contribution in [0.1, 0.15) is 21.5 Å². The van der Waals surface area contributed by atoms with Crippen LogP contribution in [0.15, 0.2) is 84.0 Å². The van der Waals surface area contributed by atoms with E-state index >= 15 is 0 Å². The van der Waals surface area contributed by atoms with Gasteiger partial charge in [0.15, 0.2) is 5.84 Å². The zero-order valence-corrected chi connectivity index (χ0v) is 15.7. The van der Waals surface area contributed by atoms with Gasteiger partial charge < -0.3 is 4.74 Å². The lowest BCUT2D eigenvalue weighted by Gasteiger charge is -2.26. The van der Waals surface area contributed by atoms with Crippen molar-refractivity contribution in [2.45, 2.75) is 6.92 Å². The van der Waals surface area contributed by atoms with E-state index < -0.39 is 0 Å². The van der Waals surface area contributed by atoms with Crippen molar-refractivity contribution in [3.8, 4) is 5.75 Å². The fourth-order valence-corrected chi connectivity index (χ4v) is 2.87. The fourth-order valence-electron chi connectivity index (χ4n) is 2.87. The number of anilines is 1. The van der Waals surface area contributed by atoms with Crippen molar-refractivity contribution in [3.05, 3.63) is 95.6 Å². The number of rotatable bonds is 4. The zero-order chi connectivity index (χ0) is 19.5. The Morgan fingerprint density at radius 2 is 1.61 bits per heavy atom. The molecule has 0 saturated heterocycles. The van der Waals surface area contributed by atoms with Crippen molar-refractivity contribution in [2.75, 3.05) is 12.2 Å². The number of ether oxygens (including phenoxy) is 1. The molecule has 6 heteroatoms. The molecule has 6 nitrogen and oxygen atoms in total. The molecule has 140 valence electrons. The monoisotopic (exact) mass is 372 g/mol. The number of hydrogen-bond donors (Lipinski definition) is 1. The number of hydrogen-bond acceptors (Lipinski definition) is 5. The molecule has 0 saturated carbocycles. The number of amidine groups is 1. The van der Waals surface area contributed by atoms with Gasteiger partial charge in [-0.1, -0.05) is 48.0 Å². The third-order valence-electron chi connectivity index (χ3n) is 4.44. The number of nitrogens with zero attached hydrogens (tertiary/aromatic N) is 3. The number of hydrazone groups is 1. The summed E-state index contributed by atoms with van der Waals surface area (Å²) in [6, 6.07) is 24.5. The van der Waals surface area contributed by atoms with Crippen molar-refractivity contribution in [3.63, 3.8) is 0 Å². The van der Waals surface area contributed by atoms with Crippen molar-refractivity contribution in [2.24, 2.45) is 5.10 Å². The van der Waals surface area contributed by atoms with Gasteiger partial charge in [-0.2, -0.15) is 0 Å². The van der Waals surface area contributed by atoms with E-state index in [0.29, 0.717) is 11.4 Å². The largest absolute Gasteiger partial charge is 0.497 e. The maximum atomic E-state index is 13.2. The molecular weight excluding hydrogens is 352 g/mol. The van der Waals surface area contributed by atoms with Gasteiger partial charge in [0.25, 0.3) is 5.91 Å². The van der Waals surface area contributed by atoms with E-state index in [0.717, 1.165) is 22.6 Å². The molecular formula is C22H20N4O2. The van der Waals surface area contributed by atoms with Crippen LogP contribution in [-0.2, 0) is 0 Å². The summed E-state index contributed by atoms with van der Waals surface area (Å²) < 4.78 is 5.23. The summed E-state index contributed by atoms with van der Waals surface area (Å²) >= 11 is 0. The number of aryl methyl sites for hydroxylation is 1. The second-order valence-corrected chi connectivity index (χ2v) is 6.40. The standard InChI is InChI=1S/C22H20N4O2/c1-16-8-10-18(11-9-16)22(27)26-24-21(17-6-4-3-5-7-17)23-25(26)19-12-14-20(28-2)15-13-19/h3-15H,1-2H3,(H,23,24). The molecule has 3 aromatic rings. The van der Waals surface area contributed by atoms with Crippen LogP contribution in [0.25, 0.3) is 0 Å². The van der Waals surface area contributed by atoms with Crippen molar-refractivity contribution < 1.29 is 9.53 Å². The van der Waals surface area contributed by atoms with Crippen molar-refractivity contribution >= 4 is 17.4 Å². The molecule has 0 radical (unpaired) electrons. The molecule has 0 fully saturated rings. The first-order valence-electron chi connectivity index (χ1n) is 8.91. The van der Waals surface area contributed by atoms with E-state index in [-0.39, 0.29) is 5.91 Å². The first-order chi connectivity index (χ1) is 13.7. The normalized spacial score (nSPS) is 13.1. The van der Waals surface area contributed by atoms with E-state index in [4.69, 9.17) is 4.74 Å². The molecule has 1 heterocycles. The number of hydrazine groups is 2. The second kappa shape index (κ2) is 7.44. The average molecular weight is 372 g/mol. The minimum atomic E-state index is -0.203. The number of carbonyl (C=O) groups is 1. The molecule has 3 aromatic carbocycles. The zero-order valence-electron chi connectivity index (χ0n) is 15.7. The van der Waals surface area contributed by atoms with Crippen LogP contribution in [0.5, 0.6) is 5.75 Å². The van der Waals surface area contributed by atoms with Crippen LogP contribution in [0.3, 0.4) is 0 Å². The molecule has 0 aromatic heterocycles. The lowest BCUT2D eigenvalue weighted by Crippen LogP contribution is -2.48. The predicted molar refractivity (Wildman–Crippen MR) is 109 cm³/mol. The molecule has 1 amide bonds. The highest BCUT2D eigenvalue weighted by molar-refractivity contribution is 6.04. The number of nitrogens with one attached hydrogen (secondary N) is 1. The fraction of sp³-hybridized carbons (Fsp3) is 0.0909. The Balaban J connectivity index is 1.70. The highest BCUT2D eigenvalue weighted by atomic mass is 16.5. The van der Waals surface area contributed by atoms with Crippen LogP contribution in [0.4, 0.5) is 5.69 Å². The molecule has 1 N–H and O–H groups in total. The summed E-state index contributed by atoms with van der Waals surface area (Å²) in [6.45, 7) is 1.99. The first kappa shape index (κ1) is 17.6. The van der Waals surface area contributed by atoms with Gasteiger partial charge in [-0.25, -0.2) is 0 Å². The van der Waals surface area contributed by atoms with Gasteiger partial charge in [-0.05, 0) is 43.3 Å². The summed E-state index contributed by atoms with van der Waals surface area (Å²) in [7, 11) is 1.62. The Hall–Kier alpha value is -3.80. The van der Waals surface area contributed by atoms with E-state index in [1.807, 2.05) is 85.8 Å². The lowest BCUT2D eigenvalue weighted by molar-refractivity contribution is 0.0710. The summed E-state index contributed by atoms with van der Waals surface area (Å²) in [4.78, 5) is 13.2.